The summed E-state index contributed by atoms with van der Waals surface area (Å²) >= 11 is 0. The molecule has 1 aromatic heterocycles. The van der Waals surface area contributed by atoms with E-state index in [-0.39, 0.29) is 0 Å². The van der Waals surface area contributed by atoms with Crippen LogP contribution in [0.2, 0.25) is 0 Å². The number of fused-ring (bicyclic) bond motifs is 3. The number of anilines is 1. The summed E-state index contributed by atoms with van der Waals surface area (Å²) in [6.07, 6.45) is 0. The van der Waals surface area contributed by atoms with Crippen LogP contribution in [0, 0.1) is 12.3 Å². The first-order valence-corrected chi connectivity index (χ1v) is 18.6. The number of nitrogens with zero attached hydrogens (tertiary/aromatic N) is 2. The van der Waals surface area contributed by atoms with E-state index in [1.165, 1.54) is 38.5 Å². The van der Waals surface area contributed by atoms with E-state index >= 15 is 0 Å². The van der Waals surface area contributed by atoms with Gasteiger partial charge in [0.25, 0.3) is 5.84 Å². The van der Waals surface area contributed by atoms with E-state index in [2.05, 4.69) is 150 Å². The second-order valence-electron chi connectivity index (χ2n) is 13.9. The number of amidine groups is 2. The summed E-state index contributed by atoms with van der Waals surface area (Å²) in [5.74, 6) is 0.809. The lowest BCUT2D eigenvalue weighted by Crippen LogP contribution is -2.54. The highest BCUT2D eigenvalue weighted by atomic mass is 15.2. The Morgan fingerprint density at radius 3 is 1.65 bits per heavy atom. The molecule has 9 aromatic rings. The third-order valence-corrected chi connectivity index (χ3v) is 10.4. The largest absolute Gasteiger partial charge is 0.309 e. The van der Waals surface area contributed by atoms with Crippen LogP contribution in [-0.4, -0.2) is 16.2 Å². The zero-order valence-corrected chi connectivity index (χ0v) is 30.5. The number of aryl methyl sites for hydroxylation is 1. The summed E-state index contributed by atoms with van der Waals surface area (Å²) < 4.78 is 2.36. The molecule has 0 aliphatic carbocycles. The van der Waals surface area contributed by atoms with Gasteiger partial charge in [0.05, 0.1) is 16.6 Å². The molecule has 0 aliphatic rings. The van der Waals surface area contributed by atoms with Crippen molar-refractivity contribution in [1.29, 1.82) is 5.41 Å². The van der Waals surface area contributed by atoms with E-state index in [0.29, 0.717) is 11.7 Å². The topological polar surface area (TPSA) is 57.6 Å². The van der Waals surface area contributed by atoms with Gasteiger partial charge in [-0.3, -0.25) is 10.8 Å². The average molecular weight is 708 g/mol. The van der Waals surface area contributed by atoms with Crippen LogP contribution in [0.4, 0.5) is 5.69 Å². The van der Waals surface area contributed by atoms with Gasteiger partial charge >= 0.3 is 0 Å². The lowest BCUT2D eigenvalue weighted by molar-refractivity contribution is -0.113. The number of para-hydroxylation sites is 3. The van der Waals surface area contributed by atoms with Crippen LogP contribution in [-0.2, 0) is 0 Å². The number of aromatic nitrogens is 1. The van der Waals surface area contributed by atoms with E-state index in [4.69, 9.17) is 5.41 Å². The molecule has 0 bridgehead atoms. The monoisotopic (exact) mass is 707 g/mol. The molecule has 0 atom stereocenters. The van der Waals surface area contributed by atoms with Gasteiger partial charge in [0.15, 0.2) is 0 Å². The quantitative estimate of drug-likeness (QED) is 0.126. The molecule has 0 fully saturated rings. The zero-order valence-electron chi connectivity index (χ0n) is 30.5. The van der Waals surface area contributed by atoms with E-state index in [1.54, 1.807) is 0 Å². The highest BCUT2D eigenvalue weighted by Gasteiger charge is 2.28. The molecule has 4 heteroatoms. The first kappa shape index (κ1) is 33.5. The van der Waals surface area contributed by atoms with E-state index in [9.17, 15) is 5.41 Å². The van der Waals surface area contributed by atoms with Crippen LogP contribution in [0.25, 0.3) is 60.9 Å². The number of benzene rings is 8. The predicted molar refractivity (Wildman–Crippen MR) is 230 cm³/mol. The molecule has 1 heterocycles. The second-order valence-corrected chi connectivity index (χ2v) is 13.9. The van der Waals surface area contributed by atoms with Crippen LogP contribution in [0.1, 0.15) is 16.7 Å². The molecule has 0 radical (unpaired) electrons. The molecule has 0 saturated carbocycles. The summed E-state index contributed by atoms with van der Waals surface area (Å²) in [6.45, 7) is 2.05. The molecule has 0 saturated heterocycles. The Labute approximate surface area is 321 Å². The van der Waals surface area contributed by atoms with Crippen molar-refractivity contribution in [3.8, 4) is 39.1 Å². The normalized spacial score (nSPS) is 11.1. The average Bonchev–Trinajstić information content (AvgIpc) is 3.58. The summed E-state index contributed by atoms with van der Waals surface area (Å²) in [6, 6.07) is 69.7. The predicted octanol–water partition coefficient (Wildman–Crippen LogP) is 11.1. The molecule has 55 heavy (non-hydrogen) atoms. The summed E-state index contributed by atoms with van der Waals surface area (Å²) in [5.41, 5.74) is 14.0. The summed E-state index contributed by atoms with van der Waals surface area (Å²) in [5, 5.41) is 18.6. The summed E-state index contributed by atoms with van der Waals surface area (Å²) in [7, 11) is 0. The fourth-order valence-corrected chi connectivity index (χ4v) is 7.69. The van der Waals surface area contributed by atoms with Crippen molar-refractivity contribution in [2.45, 2.75) is 6.92 Å². The fourth-order valence-electron chi connectivity index (χ4n) is 7.69. The number of hydrogen-bond acceptors (Lipinski definition) is 1. The van der Waals surface area contributed by atoms with Crippen molar-refractivity contribution in [2.24, 2.45) is 0 Å². The molecule has 8 aromatic carbocycles. The highest BCUT2D eigenvalue weighted by Crippen LogP contribution is 2.41. The summed E-state index contributed by atoms with van der Waals surface area (Å²) in [4.78, 5) is 1.82. The first-order valence-electron chi connectivity index (χ1n) is 18.6. The van der Waals surface area contributed by atoms with Crippen molar-refractivity contribution >= 4 is 39.2 Å². The molecular formula is C51H39N4+. The number of rotatable bonds is 7. The maximum Gasteiger partial charge on any atom is 0.286 e. The zero-order chi connectivity index (χ0) is 37.3. The van der Waals surface area contributed by atoms with Gasteiger partial charge < -0.3 is 4.57 Å². The Morgan fingerprint density at radius 1 is 0.473 bits per heavy atom. The highest BCUT2D eigenvalue weighted by molar-refractivity contribution is 6.26. The van der Waals surface area contributed by atoms with Crippen molar-refractivity contribution in [2.75, 3.05) is 4.90 Å². The van der Waals surface area contributed by atoms with Gasteiger partial charge in [-0.1, -0.05) is 139 Å². The van der Waals surface area contributed by atoms with Gasteiger partial charge in [0.1, 0.15) is 5.69 Å². The Morgan fingerprint density at radius 2 is 0.982 bits per heavy atom. The smallest absolute Gasteiger partial charge is 0.286 e. The maximum absolute atomic E-state index is 9.21. The van der Waals surface area contributed by atoms with Crippen LogP contribution < -0.4 is 10.3 Å². The van der Waals surface area contributed by atoms with Gasteiger partial charge in [-0.25, -0.2) is 0 Å². The number of hydrogen-bond donors (Lipinski definition) is 2. The van der Waals surface area contributed by atoms with Gasteiger partial charge in [0, 0.05) is 22.0 Å². The van der Waals surface area contributed by atoms with Crippen molar-refractivity contribution in [3.63, 3.8) is 0 Å². The minimum atomic E-state index is 0.317. The molecule has 4 nitrogen and oxygen atoms in total. The molecule has 0 unspecified atom stereocenters. The second kappa shape index (κ2) is 14.3. The molecule has 3 N–H and O–H groups in total. The molecule has 0 amide bonds. The van der Waals surface area contributed by atoms with Gasteiger partial charge in [-0.15, -0.1) is 0 Å². The van der Waals surface area contributed by atoms with E-state index in [1.807, 2.05) is 66.4 Å². The number of nitrogens with two attached hydrogens (primary N) is 1. The minimum absolute atomic E-state index is 0.317. The lowest BCUT2D eigenvalue weighted by atomic mass is 9.89. The van der Waals surface area contributed by atoms with Crippen LogP contribution in [0.5, 0.6) is 0 Å². The molecular weight excluding hydrogens is 669 g/mol. The maximum atomic E-state index is 9.21. The van der Waals surface area contributed by atoms with Gasteiger partial charge in [0.2, 0.25) is 5.84 Å². The lowest BCUT2D eigenvalue weighted by Gasteiger charge is -2.19. The molecule has 0 spiro atoms. The standard InChI is InChI=1S/C51H38N4/c1-35-24-26-37(27-25-35)50(52)55(41-16-6-3-7-17-41)51(53)38-30-28-36(29-31-38)42-18-8-10-20-44(42)45-21-11-9-19-43(45)39-32-33-49-47(34-39)46-22-12-13-23-48(46)54(49)40-14-4-2-5-15-40/h2-34,52-53H,1H3/p+1. The Balaban J connectivity index is 1.09. The van der Waals surface area contributed by atoms with Crippen molar-refractivity contribution < 1.29 is 5.41 Å². The SMILES string of the molecule is Cc1ccc(C(=N)N(C(=[NH2+])c2ccc(-c3ccccc3-c3ccccc3-c3ccc4c(c3)c3ccccc3n4-c3ccccc3)cc2)c2ccccc2)cc1. The first-order chi connectivity index (χ1) is 27.0. The Bertz CT molecular complexity index is 2830. The molecule has 262 valence electrons. The van der Waals surface area contributed by atoms with Crippen molar-refractivity contribution in [3.05, 3.63) is 217 Å². The van der Waals surface area contributed by atoms with Crippen LogP contribution in [0.3, 0.4) is 0 Å². The van der Waals surface area contributed by atoms with Gasteiger partial charge in [-0.05, 0) is 107 Å². The molecule has 0 aliphatic heterocycles. The number of nitrogens with one attached hydrogen (secondary N) is 1. The van der Waals surface area contributed by atoms with Gasteiger partial charge in [-0.2, -0.15) is 4.90 Å². The van der Waals surface area contributed by atoms with Crippen molar-refractivity contribution in [1.82, 2.24) is 4.57 Å². The Hall–Kier alpha value is -7.30. The third kappa shape index (κ3) is 6.20. The Kier molecular flexibility index (Phi) is 8.69. The fraction of sp³-hybridized carbons (Fsp3) is 0.0196. The van der Waals surface area contributed by atoms with E-state index in [0.717, 1.165) is 44.8 Å². The van der Waals surface area contributed by atoms with Crippen LogP contribution in [0.15, 0.2) is 200 Å². The minimum Gasteiger partial charge on any atom is -0.309 e. The molecule has 9 rings (SSSR count). The van der Waals surface area contributed by atoms with Crippen LogP contribution >= 0.6 is 0 Å². The van der Waals surface area contributed by atoms with E-state index < -0.39 is 0 Å². The third-order valence-electron chi connectivity index (χ3n) is 10.4.